The Morgan fingerprint density at radius 3 is 2.73 bits per heavy atom. The largest absolute Gasteiger partial charge is 0.372 e. The summed E-state index contributed by atoms with van der Waals surface area (Å²) in [6.07, 6.45) is 4.88. The van der Waals surface area contributed by atoms with E-state index in [-0.39, 0.29) is 17.2 Å². The fourth-order valence-electron chi connectivity index (χ4n) is 3.90. The van der Waals surface area contributed by atoms with E-state index in [2.05, 4.69) is 31.2 Å². The van der Waals surface area contributed by atoms with Crippen LogP contribution >= 0.6 is 0 Å². The second-order valence-electron chi connectivity index (χ2n) is 8.01. The molecule has 2 aliphatic rings. The van der Waals surface area contributed by atoms with Crippen molar-refractivity contribution >= 4 is 6.03 Å². The highest BCUT2D eigenvalue weighted by atomic mass is 16.5. The Balaban J connectivity index is 1.93. The van der Waals surface area contributed by atoms with Gasteiger partial charge < -0.3 is 19.9 Å². The number of ether oxygens (including phenoxy) is 1. The van der Waals surface area contributed by atoms with Crippen molar-refractivity contribution in [3.63, 3.8) is 0 Å². The molecule has 0 bridgehead atoms. The van der Waals surface area contributed by atoms with Crippen molar-refractivity contribution in [1.82, 2.24) is 15.1 Å². The van der Waals surface area contributed by atoms with Crippen LogP contribution in [0.25, 0.3) is 0 Å². The molecule has 1 aliphatic carbocycles. The normalized spacial score (nSPS) is 32.1. The summed E-state index contributed by atoms with van der Waals surface area (Å²) in [5.41, 5.74) is -0.136. The van der Waals surface area contributed by atoms with Crippen molar-refractivity contribution in [3.05, 3.63) is 0 Å². The van der Waals surface area contributed by atoms with E-state index >= 15 is 0 Å². The summed E-state index contributed by atoms with van der Waals surface area (Å²) in [5.74, 6) is 0.732. The molecule has 2 amide bonds. The molecule has 22 heavy (non-hydrogen) atoms. The molecule has 5 heteroatoms. The Kier molecular flexibility index (Phi) is 5.38. The average Bonchev–Trinajstić information content (AvgIpc) is 2.43. The first-order valence-corrected chi connectivity index (χ1v) is 8.58. The zero-order valence-corrected chi connectivity index (χ0v) is 14.9. The number of carbonyl (C=O) groups is 1. The van der Waals surface area contributed by atoms with Crippen molar-refractivity contribution in [1.29, 1.82) is 0 Å². The van der Waals surface area contributed by atoms with E-state index in [0.717, 1.165) is 18.9 Å². The standard InChI is InChI=1S/C17H33N3O2/c1-14-7-6-8-17(11-14,19(4)5)12-18-15(21)20-9-10-22-16(2,3)13-20/h14H,6-13H2,1-5H3,(H,18,21)/t14-,17+/m1/s1. The fourth-order valence-corrected chi connectivity index (χ4v) is 3.90. The topological polar surface area (TPSA) is 44.8 Å². The summed E-state index contributed by atoms with van der Waals surface area (Å²) in [4.78, 5) is 16.7. The number of amides is 2. The van der Waals surface area contributed by atoms with E-state index in [1.165, 1.54) is 19.3 Å². The molecule has 5 nitrogen and oxygen atoms in total. The maximum absolute atomic E-state index is 12.5. The first-order chi connectivity index (χ1) is 10.2. The predicted molar refractivity (Wildman–Crippen MR) is 89.1 cm³/mol. The minimum absolute atomic E-state index is 0.0517. The van der Waals surface area contributed by atoms with Gasteiger partial charge in [0.05, 0.1) is 18.8 Å². The van der Waals surface area contributed by atoms with Crippen LogP contribution in [0.1, 0.15) is 46.5 Å². The van der Waals surface area contributed by atoms with Crippen LogP contribution in [0.5, 0.6) is 0 Å². The molecule has 0 spiro atoms. The number of hydrogen-bond acceptors (Lipinski definition) is 3. The zero-order chi connectivity index (χ0) is 16.4. The highest BCUT2D eigenvalue weighted by Crippen LogP contribution is 2.35. The van der Waals surface area contributed by atoms with Crippen LogP contribution in [0, 0.1) is 5.92 Å². The van der Waals surface area contributed by atoms with Crippen molar-refractivity contribution in [2.45, 2.75) is 57.6 Å². The van der Waals surface area contributed by atoms with Gasteiger partial charge in [0.15, 0.2) is 0 Å². The lowest BCUT2D eigenvalue weighted by Gasteiger charge is -2.46. The predicted octanol–water partition coefficient (Wildman–Crippen LogP) is 2.32. The van der Waals surface area contributed by atoms with Gasteiger partial charge in [-0.15, -0.1) is 0 Å². The number of rotatable bonds is 3. The lowest BCUT2D eigenvalue weighted by molar-refractivity contribution is -0.0736. The van der Waals surface area contributed by atoms with E-state index in [0.29, 0.717) is 19.7 Å². The van der Waals surface area contributed by atoms with Crippen LogP contribution in [0.2, 0.25) is 0 Å². The van der Waals surface area contributed by atoms with Gasteiger partial charge in [-0.05, 0) is 46.7 Å². The van der Waals surface area contributed by atoms with Crippen LogP contribution in [-0.2, 0) is 4.74 Å². The minimum atomic E-state index is -0.242. The summed E-state index contributed by atoms with van der Waals surface area (Å²) in [7, 11) is 4.28. The van der Waals surface area contributed by atoms with Crippen molar-refractivity contribution in [2.24, 2.45) is 5.92 Å². The molecule has 2 atom stereocenters. The number of hydrogen-bond donors (Lipinski definition) is 1. The highest BCUT2D eigenvalue weighted by Gasteiger charge is 2.38. The smallest absolute Gasteiger partial charge is 0.317 e. The van der Waals surface area contributed by atoms with Gasteiger partial charge in [0.2, 0.25) is 0 Å². The van der Waals surface area contributed by atoms with Crippen molar-refractivity contribution in [2.75, 3.05) is 40.3 Å². The van der Waals surface area contributed by atoms with Crippen LogP contribution in [0.4, 0.5) is 4.79 Å². The lowest BCUT2D eigenvalue weighted by Crippen LogP contribution is -2.59. The second kappa shape index (κ2) is 6.75. The molecule has 2 rings (SSSR count). The summed E-state index contributed by atoms with van der Waals surface area (Å²) < 4.78 is 5.68. The Morgan fingerprint density at radius 1 is 1.41 bits per heavy atom. The quantitative estimate of drug-likeness (QED) is 0.870. The number of morpholine rings is 1. The van der Waals surface area contributed by atoms with Crippen molar-refractivity contribution in [3.8, 4) is 0 Å². The molecule has 0 aromatic rings. The summed E-state index contributed by atoms with van der Waals surface area (Å²) in [6, 6.07) is 0.0517. The highest BCUT2D eigenvalue weighted by molar-refractivity contribution is 5.74. The van der Waals surface area contributed by atoms with Gasteiger partial charge in [-0.25, -0.2) is 4.79 Å². The molecule has 2 fully saturated rings. The van der Waals surface area contributed by atoms with E-state index < -0.39 is 0 Å². The Bertz CT molecular complexity index is 397. The molecule has 0 aromatic heterocycles. The van der Waals surface area contributed by atoms with Gasteiger partial charge >= 0.3 is 6.03 Å². The van der Waals surface area contributed by atoms with E-state index in [9.17, 15) is 4.79 Å². The molecule has 1 saturated carbocycles. The van der Waals surface area contributed by atoms with Crippen LogP contribution in [0.3, 0.4) is 0 Å². The average molecular weight is 311 g/mol. The maximum Gasteiger partial charge on any atom is 0.317 e. The molecule has 1 N–H and O–H groups in total. The van der Waals surface area contributed by atoms with Crippen molar-refractivity contribution < 1.29 is 9.53 Å². The maximum atomic E-state index is 12.5. The Morgan fingerprint density at radius 2 is 2.14 bits per heavy atom. The third-order valence-corrected chi connectivity index (χ3v) is 5.30. The van der Waals surface area contributed by atoms with Crippen LogP contribution < -0.4 is 5.32 Å². The van der Waals surface area contributed by atoms with Gasteiger partial charge in [-0.1, -0.05) is 19.8 Å². The van der Waals surface area contributed by atoms with Gasteiger partial charge in [-0.2, -0.15) is 0 Å². The number of urea groups is 1. The number of nitrogens with zero attached hydrogens (tertiary/aromatic N) is 2. The van der Waals surface area contributed by atoms with Gasteiger partial charge in [0.1, 0.15) is 0 Å². The first kappa shape index (κ1) is 17.5. The van der Waals surface area contributed by atoms with Gasteiger partial charge in [0.25, 0.3) is 0 Å². The van der Waals surface area contributed by atoms with E-state index in [1.54, 1.807) is 0 Å². The SMILES string of the molecule is C[C@@H]1CCC[C@](CNC(=O)N2CCOC(C)(C)C2)(N(C)C)C1. The molecule has 0 unspecified atom stereocenters. The molecule has 128 valence electrons. The molecule has 1 aliphatic heterocycles. The van der Waals surface area contributed by atoms with Gasteiger partial charge in [-0.3, -0.25) is 0 Å². The number of carbonyl (C=O) groups excluding carboxylic acids is 1. The molecule has 0 radical (unpaired) electrons. The minimum Gasteiger partial charge on any atom is -0.372 e. The third-order valence-electron chi connectivity index (χ3n) is 5.30. The van der Waals surface area contributed by atoms with Gasteiger partial charge in [0, 0.05) is 18.6 Å². The molecular formula is C17H33N3O2. The Labute approximate surface area is 135 Å². The second-order valence-corrected chi connectivity index (χ2v) is 8.01. The number of nitrogens with one attached hydrogen (secondary N) is 1. The summed E-state index contributed by atoms with van der Waals surface area (Å²) >= 11 is 0. The third kappa shape index (κ3) is 4.13. The monoisotopic (exact) mass is 311 g/mol. The molecule has 1 saturated heterocycles. The zero-order valence-electron chi connectivity index (χ0n) is 14.9. The van der Waals surface area contributed by atoms with Crippen LogP contribution in [-0.4, -0.2) is 67.3 Å². The molecule has 1 heterocycles. The Hall–Kier alpha value is -0.810. The summed E-state index contributed by atoms with van der Waals surface area (Å²) in [5, 5.41) is 3.19. The number of likely N-dealkylation sites (N-methyl/N-ethyl adjacent to an activating group) is 1. The van der Waals surface area contributed by atoms with E-state index in [1.807, 2.05) is 18.7 Å². The van der Waals surface area contributed by atoms with Crippen LogP contribution in [0.15, 0.2) is 0 Å². The lowest BCUT2D eigenvalue weighted by atomic mass is 9.75. The summed E-state index contributed by atoms with van der Waals surface area (Å²) in [6.45, 7) is 9.10. The molecule has 0 aromatic carbocycles. The van der Waals surface area contributed by atoms with E-state index in [4.69, 9.17) is 4.74 Å². The fraction of sp³-hybridized carbons (Fsp3) is 0.941. The first-order valence-electron chi connectivity index (χ1n) is 8.58. The molecular weight excluding hydrogens is 278 g/mol.